The van der Waals surface area contributed by atoms with Crippen LogP contribution in [0.2, 0.25) is 0 Å². The molecule has 1 saturated carbocycles. The van der Waals surface area contributed by atoms with Crippen LogP contribution in [0.4, 0.5) is 0 Å². The fraction of sp³-hybridized carbons (Fsp3) is 0.867. The highest BCUT2D eigenvalue weighted by atomic mass is 16.5. The van der Waals surface area contributed by atoms with Crippen LogP contribution in [-0.4, -0.2) is 24.3 Å². The lowest BCUT2D eigenvalue weighted by Crippen LogP contribution is -2.15. The van der Waals surface area contributed by atoms with Crippen LogP contribution in [0.5, 0.6) is 0 Å². The lowest BCUT2D eigenvalue weighted by atomic mass is 9.96. The number of aliphatic imine (C=N–C) groups is 1. The van der Waals surface area contributed by atoms with E-state index in [1.54, 1.807) is 0 Å². The van der Waals surface area contributed by atoms with Gasteiger partial charge in [-0.1, -0.05) is 39.0 Å². The van der Waals surface area contributed by atoms with Crippen molar-refractivity contribution in [2.24, 2.45) is 4.99 Å². The third kappa shape index (κ3) is 6.77. The summed E-state index contributed by atoms with van der Waals surface area (Å²) < 4.78 is 5.18. The Labute approximate surface area is 111 Å². The van der Waals surface area contributed by atoms with Gasteiger partial charge in [-0.05, 0) is 26.2 Å². The zero-order chi connectivity index (χ0) is 13.2. The molecule has 0 saturated heterocycles. The van der Waals surface area contributed by atoms with E-state index >= 15 is 0 Å². The van der Waals surface area contributed by atoms with E-state index in [-0.39, 0.29) is 5.97 Å². The van der Waals surface area contributed by atoms with Crippen LogP contribution in [0, 0.1) is 0 Å². The van der Waals surface area contributed by atoms with E-state index in [4.69, 9.17) is 4.74 Å². The van der Waals surface area contributed by atoms with Crippen molar-refractivity contribution in [3.8, 4) is 0 Å². The summed E-state index contributed by atoms with van der Waals surface area (Å²) >= 11 is 0. The van der Waals surface area contributed by atoms with Crippen molar-refractivity contribution in [2.75, 3.05) is 6.61 Å². The Morgan fingerprint density at radius 2 is 1.94 bits per heavy atom. The third-order valence-electron chi connectivity index (χ3n) is 3.39. The molecule has 0 N–H and O–H groups in total. The minimum Gasteiger partial charge on any atom is -0.465 e. The minimum atomic E-state index is -0.122. The van der Waals surface area contributed by atoms with Gasteiger partial charge in [0.2, 0.25) is 0 Å². The minimum absolute atomic E-state index is 0.122. The van der Waals surface area contributed by atoms with Gasteiger partial charge >= 0.3 is 5.97 Å². The molecule has 18 heavy (non-hydrogen) atoms. The zero-order valence-corrected chi connectivity index (χ0v) is 11.9. The van der Waals surface area contributed by atoms with E-state index in [9.17, 15) is 4.79 Å². The van der Waals surface area contributed by atoms with E-state index in [0.717, 1.165) is 25.0 Å². The standard InChI is InChI=1S/C15H27NO2/c1-3-4-8-11-18-15(17)12-13(2)16-14-9-6-5-7-10-14/h14H,3-12H2,1-2H3. The number of hydrogen-bond donors (Lipinski definition) is 0. The Kier molecular flexibility index (Phi) is 7.70. The lowest BCUT2D eigenvalue weighted by molar-refractivity contribution is -0.142. The van der Waals surface area contributed by atoms with Crippen LogP contribution >= 0.6 is 0 Å². The normalized spacial score (nSPS) is 17.8. The summed E-state index contributed by atoms with van der Waals surface area (Å²) in [5.74, 6) is -0.122. The molecule has 0 spiro atoms. The van der Waals surface area contributed by atoms with Gasteiger partial charge in [-0.3, -0.25) is 9.79 Å². The van der Waals surface area contributed by atoms with Crippen LogP contribution in [0.1, 0.15) is 71.6 Å². The second-order valence-corrected chi connectivity index (χ2v) is 5.26. The first kappa shape index (κ1) is 15.2. The summed E-state index contributed by atoms with van der Waals surface area (Å²) in [6.07, 6.45) is 9.88. The van der Waals surface area contributed by atoms with Gasteiger partial charge in [0.1, 0.15) is 0 Å². The molecular weight excluding hydrogens is 226 g/mol. The third-order valence-corrected chi connectivity index (χ3v) is 3.39. The first-order chi connectivity index (χ1) is 8.72. The van der Waals surface area contributed by atoms with Crippen molar-refractivity contribution in [2.45, 2.75) is 77.7 Å². The van der Waals surface area contributed by atoms with Crippen LogP contribution in [-0.2, 0) is 9.53 Å². The lowest BCUT2D eigenvalue weighted by Gasteiger charge is -2.18. The van der Waals surface area contributed by atoms with Crippen molar-refractivity contribution in [3.05, 3.63) is 0 Å². The Bertz CT molecular complexity index is 268. The van der Waals surface area contributed by atoms with Gasteiger partial charge in [-0.2, -0.15) is 0 Å². The fourth-order valence-electron chi connectivity index (χ4n) is 2.37. The molecule has 3 heteroatoms. The molecule has 0 bridgehead atoms. The maximum Gasteiger partial charge on any atom is 0.311 e. The van der Waals surface area contributed by atoms with Gasteiger partial charge in [0.25, 0.3) is 0 Å². The van der Waals surface area contributed by atoms with Crippen LogP contribution in [0.3, 0.4) is 0 Å². The van der Waals surface area contributed by atoms with Crippen molar-refractivity contribution in [3.63, 3.8) is 0 Å². The molecule has 104 valence electrons. The average molecular weight is 253 g/mol. The molecule has 0 aromatic heterocycles. The quantitative estimate of drug-likeness (QED) is 0.392. The number of nitrogens with zero attached hydrogens (tertiary/aromatic N) is 1. The Balaban J connectivity index is 2.19. The predicted octanol–water partition coefficient (Wildman–Crippen LogP) is 3.90. The molecular formula is C15H27NO2. The van der Waals surface area contributed by atoms with E-state index < -0.39 is 0 Å². The highest BCUT2D eigenvalue weighted by molar-refractivity contribution is 5.97. The highest BCUT2D eigenvalue weighted by Gasteiger charge is 2.13. The number of unbranched alkanes of at least 4 members (excludes halogenated alkanes) is 2. The maximum absolute atomic E-state index is 11.6. The molecule has 1 fully saturated rings. The van der Waals surface area contributed by atoms with E-state index in [2.05, 4.69) is 11.9 Å². The van der Waals surface area contributed by atoms with E-state index in [1.165, 1.54) is 32.1 Å². The number of carbonyl (C=O) groups excluding carboxylic acids is 1. The number of hydrogen-bond acceptors (Lipinski definition) is 3. The summed E-state index contributed by atoms with van der Waals surface area (Å²) in [4.78, 5) is 16.2. The number of carbonyl (C=O) groups is 1. The molecule has 0 unspecified atom stereocenters. The van der Waals surface area contributed by atoms with E-state index in [0.29, 0.717) is 19.1 Å². The number of rotatable bonds is 7. The van der Waals surface area contributed by atoms with Crippen molar-refractivity contribution < 1.29 is 9.53 Å². The topological polar surface area (TPSA) is 38.7 Å². The average Bonchev–Trinajstić information content (AvgIpc) is 2.35. The molecule has 0 aliphatic heterocycles. The molecule has 0 radical (unpaired) electrons. The SMILES string of the molecule is CCCCCOC(=O)CC(C)=NC1CCCCC1. The Morgan fingerprint density at radius 1 is 1.22 bits per heavy atom. The Hall–Kier alpha value is -0.860. The molecule has 0 amide bonds. The predicted molar refractivity (Wildman–Crippen MR) is 75.1 cm³/mol. The molecule has 1 aliphatic rings. The fourth-order valence-corrected chi connectivity index (χ4v) is 2.37. The zero-order valence-electron chi connectivity index (χ0n) is 11.9. The van der Waals surface area contributed by atoms with Crippen LogP contribution < -0.4 is 0 Å². The smallest absolute Gasteiger partial charge is 0.311 e. The second-order valence-electron chi connectivity index (χ2n) is 5.26. The monoisotopic (exact) mass is 253 g/mol. The van der Waals surface area contributed by atoms with Crippen molar-refractivity contribution in [1.29, 1.82) is 0 Å². The number of esters is 1. The molecule has 1 rings (SSSR count). The van der Waals surface area contributed by atoms with Gasteiger partial charge in [-0.15, -0.1) is 0 Å². The van der Waals surface area contributed by atoms with Crippen molar-refractivity contribution in [1.82, 2.24) is 0 Å². The van der Waals surface area contributed by atoms with Gasteiger partial charge in [-0.25, -0.2) is 0 Å². The van der Waals surface area contributed by atoms with Crippen LogP contribution in [0.15, 0.2) is 4.99 Å². The molecule has 0 atom stereocenters. The molecule has 1 aliphatic carbocycles. The molecule has 0 heterocycles. The maximum atomic E-state index is 11.6. The summed E-state index contributed by atoms with van der Waals surface area (Å²) in [5.41, 5.74) is 0.933. The van der Waals surface area contributed by atoms with Gasteiger partial charge in [0, 0.05) is 11.8 Å². The van der Waals surface area contributed by atoms with Gasteiger partial charge in [0.05, 0.1) is 13.0 Å². The number of ether oxygens (including phenoxy) is 1. The second kappa shape index (κ2) is 9.12. The Morgan fingerprint density at radius 3 is 2.61 bits per heavy atom. The van der Waals surface area contributed by atoms with Gasteiger partial charge in [0.15, 0.2) is 0 Å². The molecule has 0 aromatic carbocycles. The largest absolute Gasteiger partial charge is 0.465 e. The summed E-state index contributed by atoms with van der Waals surface area (Å²) in [6, 6.07) is 0.451. The van der Waals surface area contributed by atoms with E-state index in [1.807, 2.05) is 6.92 Å². The van der Waals surface area contributed by atoms with Crippen LogP contribution in [0.25, 0.3) is 0 Å². The first-order valence-corrected chi connectivity index (χ1v) is 7.41. The first-order valence-electron chi connectivity index (χ1n) is 7.41. The van der Waals surface area contributed by atoms with Gasteiger partial charge < -0.3 is 4.74 Å². The molecule has 0 aromatic rings. The highest BCUT2D eigenvalue weighted by Crippen LogP contribution is 2.20. The molecule has 3 nitrogen and oxygen atoms in total. The van der Waals surface area contributed by atoms with Crippen molar-refractivity contribution >= 4 is 11.7 Å². The summed E-state index contributed by atoms with van der Waals surface area (Å²) in [6.45, 7) is 4.65. The summed E-state index contributed by atoms with van der Waals surface area (Å²) in [5, 5.41) is 0. The summed E-state index contributed by atoms with van der Waals surface area (Å²) in [7, 11) is 0.